The lowest BCUT2D eigenvalue weighted by molar-refractivity contribution is 0.148. The van der Waals surface area contributed by atoms with Crippen LogP contribution in [0.2, 0.25) is 0 Å². The lowest BCUT2D eigenvalue weighted by Crippen LogP contribution is -2.44. The number of hydrogen-bond acceptors (Lipinski definition) is 4. The number of nitrogens with zero attached hydrogens (tertiary/aromatic N) is 1. The highest BCUT2D eigenvalue weighted by Crippen LogP contribution is 2.18. The van der Waals surface area contributed by atoms with E-state index in [1.54, 1.807) is 4.31 Å². The first-order valence-corrected chi connectivity index (χ1v) is 7.49. The van der Waals surface area contributed by atoms with Gasteiger partial charge in [-0.2, -0.15) is 4.31 Å². The van der Waals surface area contributed by atoms with Crippen molar-refractivity contribution in [3.8, 4) is 0 Å². The van der Waals surface area contributed by atoms with Gasteiger partial charge >= 0.3 is 0 Å². The van der Waals surface area contributed by atoms with E-state index in [2.05, 4.69) is 5.32 Å². The molecule has 0 unspecified atom stereocenters. The Morgan fingerprint density at radius 2 is 1.88 bits per heavy atom. The Hall–Kier alpha value is -0.170. The zero-order valence-electron chi connectivity index (χ0n) is 9.52. The van der Waals surface area contributed by atoms with Gasteiger partial charge < -0.3 is 10.1 Å². The van der Waals surface area contributed by atoms with E-state index in [1.807, 2.05) is 0 Å². The zero-order valence-corrected chi connectivity index (χ0v) is 10.3. The number of nitrogens with one attached hydrogen (secondary N) is 1. The highest BCUT2D eigenvalue weighted by Gasteiger charge is 2.32. The maximum Gasteiger partial charge on any atom is 0.217 e. The van der Waals surface area contributed by atoms with Crippen LogP contribution in [0.1, 0.15) is 19.3 Å². The van der Waals surface area contributed by atoms with Gasteiger partial charge in [0.15, 0.2) is 0 Å². The lowest BCUT2D eigenvalue weighted by atomic mass is 10.2. The van der Waals surface area contributed by atoms with Crippen LogP contribution in [0.3, 0.4) is 0 Å². The van der Waals surface area contributed by atoms with Crippen molar-refractivity contribution >= 4 is 10.0 Å². The smallest absolute Gasteiger partial charge is 0.217 e. The molecule has 0 aromatic carbocycles. The van der Waals surface area contributed by atoms with Gasteiger partial charge in [0, 0.05) is 19.7 Å². The standard InChI is InChI=1S/C10H20N2O3S/c13-16(14,10-2-4-11-5-3-10)12-6-1-8-15-9-7-12/h10-11H,1-9H2. The first-order valence-electron chi connectivity index (χ1n) is 5.99. The molecule has 0 spiro atoms. The molecule has 2 saturated heterocycles. The number of sulfonamides is 1. The summed E-state index contributed by atoms with van der Waals surface area (Å²) in [5.74, 6) is 0. The third kappa shape index (κ3) is 2.74. The molecule has 0 saturated carbocycles. The second kappa shape index (κ2) is 5.44. The van der Waals surface area contributed by atoms with E-state index in [1.165, 1.54) is 0 Å². The minimum Gasteiger partial charge on any atom is -0.380 e. The quantitative estimate of drug-likeness (QED) is 0.734. The van der Waals surface area contributed by atoms with Crippen molar-refractivity contribution in [2.45, 2.75) is 24.5 Å². The van der Waals surface area contributed by atoms with Crippen molar-refractivity contribution in [3.63, 3.8) is 0 Å². The summed E-state index contributed by atoms with van der Waals surface area (Å²) >= 11 is 0. The van der Waals surface area contributed by atoms with E-state index in [0.717, 1.165) is 32.4 Å². The van der Waals surface area contributed by atoms with Gasteiger partial charge in [-0.3, -0.25) is 0 Å². The van der Waals surface area contributed by atoms with Crippen LogP contribution in [0.15, 0.2) is 0 Å². The van der Waals surface area contributed by atoms with Gasteiger partial charge in [-0.15, -0.1) is 0 Å². The van der Waals surface area contributed by atoms with Crippen molar-refractivity contribution in [3.05, 3.63) is 0 Å². The van der Waals surface area contributed by atoms with Crippen LogP contribution in [0.5, 0.6) is 0 Å². The first-order chi connectivity index (χ1) is 7.71. The molecule has 0 bridgehead atoms. The Morgan fingerprint density at radius 3 is 2.62 bits per heavy atom. The zero-order chi connectivity index (χ0) is 11.4. The van der Waals surface area contributed by atoms with Crippen LogP contribution in [0, 0.1) is 0 Å². The molecular formula is C10H20N2O3S. The van der Waals surface area contributed by atoms with E-state index >= 15 is 0 Å². The van der Waals surface area contributed by atoms with Crippen molar-refractivity contribution in [2.75, 3.05) is 39.4 Å². The molecule has 2 heterocycles. The molecule has 2 aliphatic rings. The van der Waals surface area contributed by atoms with Crippen LogP contribution in [0.25, 0.3) is 0 Å². The van der Waals surface area contributed by atoms with E-state index in [-0.39, 0.29) is 5.25 Å². The van der Waals surface area contributed by atoms with Crippen molar-refractivity contribution in [2.24, 2.45) is 0 Å². The van der Waals surface area contributed by atoms with Gasteiger partial charge in [-0.1, -0.05) is 0 Å². The van der Waals surface area contributed by atoms with Crippen LogP contribution in [-0.2, 0) is 14.8 Å². The minimum atomic E-state index is -3.10. The molecule has 0 radical (unpaired) electrons. The second-order valence-corrected chi connectivity index (χ2v) is 6.57. The molecule has 0 aliphatic carbocycles. The molecular weight excluding hydrogens is 228 g/mol. The molecule has 1 N–H and O–H groups in total. The molecule has 0 atom stereocenters. The van der Waals surface area contributed by atoms with Crippen LogP contribution in [-0.4, -0.2) is 57.4 Å². The molecule has 2 rings (SSSR count). The van der Waals surface area contributed by atoms with E-state index in [4.69, 9.17) is 4.74 Å². The van der Waals surface area contributed by atoms with Crippen LogP contribution in [0.4, 0.5) is 0 Å². The third-order valence-corrected chi connectivity index (χ3v) is 5.65. The van der Waals surface area contributed by atoms with Gasteiger partial charge in [0.05, 0.1) is 11.9 Å². The molecule has 0 amide bonds. The van der Waals surface area contributed by atoms with Crippen LogP contribution < -0.4 is 5.32 Å². The maximum absolute atomic E-state index is 12.3. The van der Waals surface area contributed by atoms with Crippen molar-refractivity contribution in [1.29, 1.82) is 0 Å². The summed E-state index contributed by atoms with van der Waals surface area (Å²) in [6, 6.07) is 0. The lowest BCUT2D eigenvalue weighted by Gasteiger charge is -2.28. The number of hydrogen-bond donors (Lipinski definition) is 1. The molecule has 16 heavy (non-hydrogen) atoms. The van der Waals surface area contributed by atoms with E-state index in [9.17, 15) is 8.42 Å². The summed E-state index contributed by atoms with van der Waals surface area (Å²) in [6.45, 7) is 3.98. The number of ether oxygens (including phenoxy) is 1. The summed E-state index contributed by atoms with van der Waals surface area (Å²) in [5, 5.41) is 3.01. The highest BCUT2D eigenvalue weighted by molar-refractivity contribution is 7.89. The van der Waals surface area contributed by atoms with E-state index < -0.39 is 10.0 Å². The molecule has 2 aliphatic heterocycles. The average molecular weight is 248 g/mol. The summed E-state index contributed by atoms with van der Waals surface area (Å²) in [4.78, 5) is 0. The minimum absolute atomic E-state index is 0.188. The fourth-order valence-corrected chi connectivity index (χ4v) is 4.25. The topological polar surface area (TPSA) is 58.6 Å². The summed E-state index contributed by atoms with van der Waals surface area (Å²) in [6.07, 6.45) is 2.28. The van der Waals surface area contributed by atoms with Crippen molar-refractivity contribution < 1.29 is 13.2 Å². The van der Waals surface area contributed by atoms with Crippen molar-refractivity contribution in [1.82, 2.24) is 9.62 Å². The summed E-state index contributed by atoms with van der Waals surface area (Å²) in [7, 11) is -3.10. The SMILES string of the molecule is O=S(=O)(C1CCNCC1)N1CCCOCC1. The normalized spacial score (nSPS) is 26.5. The highest BCUT2D eigenvalue weighted by atomic mass is 32.2. The van der Waals surface area contributed by atoms with Gasteiger partial charge in [0.2, 0.25) is 10.0 Å². The molecule has 0 aromatic rings. The predicted octanol–water partition coefficient (Wildman–Crippen LogP) is -0.209. The first kappa shape index (κ1) is 12.3. The predicted molar refractivity (Wildman–Crippen MR) is 61.8 cm³/mol. The fraction of sp³-hybridized carbons (Fsp3) is 1.00. The Balaban J connectivity index is 2.03. The second-order valence-electron chi connectivity index (χ2n) is 4.36. The Labute approximate surface area is 97.2 Å². The molecule has 6 heteroatoms. The van der Waals surface area contributed by atoms with Gasteiger partial charge in [-0.05, 0) is 32.4 Å². The third-order valence-electron chi connectivity index (χ3n) is 3.25. The van der Waals surface area contributed by atoms with Gasteiger partial charge in [-0.25, -0.2) is 8.42 Å². The number of rotatable bonds is 2. The molecule has 94 valence electrons. The fourth-order valence-electron chi connectivity index (χ4n) is 2.28. The maximum atomic E-state index is 12.3. The molecule has 0 aromatic heterocycles. The molecule has 2 fully saturated rings. The average Bonchev–Trinajstić information content (AvgIpc) is 2.59. The van der Waals surface area contributed by atoms with Gasteiger partial charge in [0.25, 0.3) is 0 Å². The summed E-state index contributed by atoms with van der Waals surface area (Å²) in [5.41, 5.74) is 0. The Bertz CT molecular complexity index is 304. The Morgan fingerprint density at radius 1 is 1.12 bits per heavy atom. The van der Waals surface area contributed by atoms with Gasteiger partial charge in [0.1, 0.15) is 0 Å². The summed E-state index contributed by atoms with van der Waals surface area (Å²) < 4.78 is 31.6. The number of piperidine rings is 1. The Kier molecular flexibility index (Phi) is 4.18. The molecule has 5 nitrogen and oxygen atoms in total. The monoisotopic (exact) mass is 248 g/mol. The van der Waals surface area contributed by atoms with E-state index in [0.29, 0.717) is 26.3 Å². The van der Waals surface area contributed by atoms with Crippen LogP contribution >= 0.6 is 0 Å². The largest absolute Gasteiger partial charge is 0.380 e.